The van der Waals surface area contributed by atoms with Crippen LogP contribution >= 0.6 is 0 Å². The molecular weight excluding hydrogens is 200 g/mol. The standard InChI is InChI=1S/C14H16O2/c15-9-14-8-4-3-7-12(14)10-5-1-2-6-11(10)13(14)16/h1-2,4-6,8,12-13,15-16H,3,7,9H2/t12-,13-,14+/m1/s1. The summed E-state index contributed by atoms with van der Waals surface area (Å²) in [7, 11) is 0. The van der Waals surface area contributed by atoms with Crippen molar-refractivity contribution in [1.82, 2.24) is 0 Å². The highest BCUT2D eigenvalue weighted by atomic mass is 16.3. The van der Waals surface area contributed by atoms with Crippen molar-refractivity contribution >= 4 is 0 Å². The Hall–Kier alpha value is -1.12. The quantitative estimate of drug-likeness (QED) is 0.706. The van der Waals surface area contributed by atoms with Gasteiger partial charge < -0.3 is 10.2 Å². The maximum absolute atomic E-state index is 10.4. The SMILES string of the molecule is OC[C@@]12C=CCC[C@@H]1c1ccccc1[C@H]2O. The van der Waals surface area contributed by atoms with Crippen molar-refractivity contribution in [3.05, 3.63) is 47.5 Å². The van der Waals surface area contributed by atoms with Crippen molar-refractivity contribution in [2.24, 2.45) is 5.41 Å². The highest BCUT2D eigenvalue weighted by Crippen LogP contribution is 2.58. The third-order valence-electron chi connectivity index (χ3n) is 4.15. The molecule has 0 saturated heterocycles. The molecule has 1 aromatic rings. The van der Waals surface area contributed by atoms with Crippen molar-refractivity contribution in [3.63, 3.8) is 0 Å². The second-order valence-electron chi connectivity index (χ2n) is 4.83. The minimum absolute atomic E-state index is 0.0179. The van der Waals surface area contributed by atoms with Gasteiger partial charge in [0.25, 0.3) is 0 Å². The molecule has 0 heterocycles. The van der Waals surface area contributed by atoms with E-state index in [1.165, 1.54) is 5.56 Å². The van der Waals surface area contributed by atoms with E-state index in [0.717, 1.165) is 18.4 Å². The average Bonchev–Trinajstić information content (AvgIpc) is 2.62. The maximum Gasteiger partial charge on any atom is 0.0911 e. The monoisotopic (exact) mass is 216 g/mol. The highest BCUT2D eigenvalue weighted by molar-refractivity contribution is 5.44. The Kier molecular flexibility index (Phi) is 2.16. The summed E-state index contributed by atoms with van der Waals surface area (Å²) >= 11 is 0. The molecule has 2 aliphatic rings. The molecule has 0 bridgehead atoms. The summed E-state index contributed by atoms with van der Waals surface area (Å²) in [5.74, 6) is 0.272. The van der Waals surface area contributed by atoms with E-state index in [9.17, 15) is 10.2 Å². The van der Waals surface area contributed by atoms with E-state index < -0.39 is 11.5 Å². The predicted octanol–water partition coefficient (Wildman–Crippen LogP) is 2.15. The molecule has 0 spiro atoms. The summed E-state index contributed by atoms with van der Waals surface area (Å²) < 4.78 is 0. The summed E-state index contributed by atoms with van der Waals surface area (Å²) in [5, 5.41) is 20.1. The summed E-state index contributed by atoms with van der Waals surface area (Å²) in [6, 6.07) is 8.02. The lowest BCUT2D eigenvalue weighted by Gasteiger charge is -2.36. The normalized spacial score (nSPS) is 35.9. The van der Waals surface area contributed by atoms with Crippen LogP contribution in [0.25, 0.3) is 0 Å². The van der Waals surface area contributed by atoms with Gasteiger partial charge in [0.15, 0.2) is 0 Å². The van der Waals surface area contributed by atoms with Gasteiger partial charge in [-0.25, -0.2) is 0 Å². The molecule has 2 nitrogen and oxygen atoms in total. The Morgan fingerprint density at radius 1 is 1.25 bits per heavy atom. The van der Waals surface area contributed by atoms with Crippen LogP contribution in [0.15, 0.2) is 36.4 Å². The summed E-state index contributed by atoms with van der Waals surface area (Å²) in [5.41, 5.74) is 1.74. The van der Waals surface area contributed by atoms with Gasteiger partial charge in [-0.1, -0.05) is 36.4 Å². The van der Waals surface area contributed by atoms with Crippen LogP contribution in [0.5, 0.6) is 0 Å². The van der Waals surface area contributed by atoms with Crippen LogP contribution in [-0.4, -0.2) is 16.8 Å². The number of hydrogen-bond acceptors (Lipinski definition) is 2. The largest absolute Gasteiger partial charge is 0.395 e. The van der Waals surface area contributed by atoms with E-state index in [4.69, 9.17) is 0 Å². The van der Waals surface area contributed by atoms with E-state index in [1.807, 2.05) is 24.3 Å². The molecule has 3 rings (SSSR count). The summed E-state index contributed by atoms with van der Waals surface area (Å²) in [4.78, 5) is 0. The molecule has 84 valence electrons. The summed E-state index contributed by atoms with van der Waals surface area (Å²) in [6.07, 6.45) is 5.60. The molecule has 0 radical (unpaired) electrons. The van der Waals surface area contributed by atoms with Gasteiger partial charge in [0.1, 0.15) is 0 Å². The topological polar surface area (TPSA) is 40.5 Å². The van der Waals surface area contributed by atoms with Crippen LogP contribution in [0.2, 0.25) is 0 Å². The van der Waals surface area contributed by atoms with E-state index in [2.05, 4.69) is 12.1 Å². The first-order chi connectivity index (χ1) is 7.79. The van der Waals surface area contributed by atoms with Crippen LogP contribution in [0, 0.1) is 5.41 Å². The van der Waals surface area contributed by atoms with Gasteiger partial charge in [-0.3, -0.25) is 0 Å². The number of benzene rings is 1. The second kappa shape index (κ2) is 3.44. The fourth-order valence-electron chi connectivity index (χ4n) is 3.29. The molecule has 3 atom stereocenters. The average molecular weight is 216 g/mol. The van der Waals surface area contributed by atoms with E-state index >= 15 is 0 Å². The molecule has 0 amide bonds. The van der Waals surface area contributed by atoms with Crippen LogP contribution in [0.3, 0.4) is 0 Å². The number of fused-ring (bicyclic) bond motifs is 3. The second-order valence-corrected chi connectivity index (χ2v) is 4.83. The first-order valence-corrected chi connectivity index (χ1v) is 5.85. The van der Waals surface area contributed by atoms with Crippen molar-refractivity contribution < 1.29 is 10.2 Å². The van der Waals surface area contributed by atoms with Crippen molar-refractivity contribution in [2.45, 2.75) is 24.9 Å². The lowest BCUT2D eigenvalue weighted by Crippen LogP contribution is -2.33. The number of aliphatic hydroxyl groups is 2. The van der Waals surface area contributed by atoms with Gasteiger partial charge in [-0.15, -0.1) is 0 Å². The van der Waals surface area contributed by atoms with Gasteiger partial charge >= 0.3 is 0 Å². The molecule has 0 aromatic heterocycles. The Balaban J connectivity index is 2.19. The molecule has 2 N–H and O–H groups in total. The molecule has 0 fully saturated rings. The van der Waals surface area contributed by atoms with E-state index in [-0.39, 0.29) is 12.5 Å². The van der Waals surface area contributed by atoms with Crippen LogP contribution in [-0.2, 0) is 0 Å². The fraction of sp³-hybridized carbons (Fsp3) is 0.429. The zero-order valence-electron chi connectivity index (χ0n) is 9.13. The van der Waals surface area contributed by atoms with Gasteiger partial charge in [0.2, 0.25) is 0 Å². The molecular formula is C14H16O2. The van der Waals surface area contributed by atoms with Crippen molar-refractivity contribution in [1.29, 1.82) is 0 Å². The number of hydrogen-bond donors (Lipinski definition) is 2. The smallest absolute Gasteiger partial charge is 0.0911 e. The Labute approximate surface area is 95.2 Å². The van der Waals surface area contributed by atoms with Crippen LogP contribution in [0.4, 0.5) is 0 Å². The zero-order chi connectivity index (χ0) is 11.2. The van der Waals surface area contributed by atoms with E-state index in [1.54, 1.807) is 0 Å². The third-order valence-corrected chi connectivity index (χ3v) is 4.15. The molecule has 16 heavy (non-hydrogen) atoms. The van der Waals surface area contributed by atoms with Gasteiger partial charge in [-0.05, 0) is 29.9 Å². The van der Waals surface area contributed by atoms with Crippen molar-refractivity contribution in [3.8, 4) is 0 Å². The lowest BCUT2D eigenvalue weighted by atomic mass is 9.70. The van der Waals surface area contributed by atoms with Crippen LogP contribution in [0.1, 0.15) is 36.0 Å². The first kappa shape index (κ1) is 10.1. The molecule has 2 heteroatoms. The lowest BCUT2D eigenvalue weighted by molar-refractivity contribution is 0.00758. The molecule has 1 aromatic carbocycles. The Bertz CT molecular complexity index is 438. The first-order valence-electron chi connectivity index (χ1n) is 5.85. The highest BCUT2D eigenvalue weighted by Gasteiger charge is 2.51. The Morgan fingerprint density at radius 3 is 2.75 bits per heavy atom. The van der Waals surface area contributed by atoms with E-state index in [0.29, 0.717) is 0 Å². The predicted molar refractivity (Wildman–Crippen MR) is 62.0 cm³/mol. The van der Waals surface area contributed by atoms with Crippen molar-refractivity contribution in [2.75, 3.05) is 6.61 Å². The van der Waals surface area contributed by atoms with Crippen LogP contribution < -0.4 is 0 Å². The molecule has 0 unspecified atom stereocenters. The summed E-state index contributed by atoms with van der Waals surface area (Å²) in [6.45, 7) is 0.0179. The molecule has 0 aliphatic heterocycles. The molecule has 2 aliphatic carbocycles. The van der Waals surface area contributed by atoms with Gasteiger partial charge in [-0.2, -0.15) is 0 Å². The van der Waals surface area contributed by atoms with Gasteiger partial charge in [0, 0.05) is 5.41 Å². The number of allylic oxidation sites excluding steroid dienone is 1. The number of rotatable bonds is 1. The number of aliphatic hydroxyl groups excluding tert-OH is 2. The Morgan fingerprint density at radius 2 is 2.00 bits per heavy atom. The third kappa shape index (κ3) is 1.09. The fourth-order valence-corrected chi connectivity index (χ4v) is 3.29. The molecule has 0 saturated carbocycles. The minimum atomic E-state index is -0.560. The zero-order valence-corrected chi connectivity index (χ0v) is 9.13. The van der Waals surface area contributed by atoms with Gasteiger partial charge in [0.05, 0.1) is 12.7 Å². The maximum atomic E-state index is 10.4. The minimum Gasteiger partial charge on any atom is -0.395 e.